The van der Waals surface area contributed by atoms with Crippen LogP contribution < -0.4 is 36.8 Å². The maximum absolute atomic E-state index is 12.6. The van der Waals surface area contributed by atoms with Crippen molar-refractivity contribution in [3.05, 3.63) is 44.6 Å². The van der Waals surface area contributed by atoms with E-state index in [1.807, 2.05) is 0 Å². The van der Waals surface area contributed by atoms with Gasteiger partial charge in [0.15, 0.2) is 23.0 Å². The predicted molar refractivity (Wildman–Crippen MR) is 113 cm³/mol. The van der Waals surface area contributed by atoms with Gasteiger partial charge in [-0.1, -0.05) is 11.8 Å². The summed E-state index contributed by atoms with van der Waals surface area (Å²) in [7, 11) is 6.07. The number of nitrogens with two attached hydrogens (primary N) is 1. The predicted octanol–water partition coefficient (Wildman–Crippen LogP) is -0.570. The minimum Gasteiger partial charge on any atom is -0.493 e. The highest BCUT2D eigenvalue weighted by Crippen LogP contribution is 2.27. The van der Waals surface area contributed by atoms with Crippen LogP contribution in [0, 0.1) is 24.2 Å². The maximum Gasteiger partial charge on any atom is 0.352 e. The van der Waals surface area contributed by atoms with E-state index in [9.17, 15) is 14.4 Å². The molecule has 1 aromatic carbocycles. The standard InChI is InChI=1S/C20H21N5O5/c1-6-11-24-19(27)17(18(21)25(20(24)28)23(2)3)22-16(26)10-8-13-7-9-14(29-4)15(12-13)30-5/h1,7,9,12H,11,21H2,2-5H3,(H,22,26). The number of aromatic nitrogens is 2. The first-order chi connectivity index (χ1) is 14.2. The van der Waals surface area contributed by atoms with Crippen molar-refractivity contribution in [3.63, 3.8) is 0 Å². The molecule has 0 bridgehead atoms. The van der Waals surface area contributed by atoms with E-state index < -0.39 is 17.2 Å². The van der Waals surface area contributed by atoms with Gasteiger partial charge in [0.25, 0.3) is 5.56 Å². The van der Waals surface area contributed by atoms with Crippen molar-refractivity contribution in [2.75, 3.05) is 44.4 Å². The number of carbonyl (C=O) groups is 1. The molecule has 0 saturated heterocycles. The summed E-state index contributed by atoms with van der Waals surface area (Å²) in [6.07, 6.45) is 5.24. The first-order valence-corrected chi connectivity index (χ1v) is 8.56. The Hall–Kier alpha value is -4.31. The third-order valence-corrected chi connectivity index (χ3v) is 3.95. The first kappa shape index (κ1) is 22.0. The molecule has 3 N–H and O–H groups in total. The Morgan fingerprint density at radius 1 is 1.23 bits per heavy atom. The van der Waals surface area contributed by atoms with Crippen molar-refractivity contribution >= 4 is 17.4 Å². The fourth-order valence-corrected chi connectivity index (χ4v) is 2.58. The zero-order chi connectivity index (χ0) is 22.4. The molecule has 0 spiro atoms. The van der Waals surface area contributed by atoms with E-state index in [0.717, 1.165) is 9.24 Å². The largest absolute Gasteiger partial charge is 0.493 e. The van der Waals surface area contributed by atoms with Crippen molar-refractivity contribution in [1.82, 2.24) is 9.24 Å². The molecule has 0 saturated carbocycles. The highest BCUT2D eigenvalue weighted by atomic mass is 16.5. The number of ether oxygens (including phenoxy) is 2. The SMILES string of the molecule is C#CCn1c(=O)c(NC(=O)C#Cc2ccc(OC)c(OC)c2)c(N)n(N(C)C)c1=O. The summed E-state index contributed by atoms with van der Waals surface area (Å²) in [5.74, 6) is 7.17. The van der Waals surface area contributed by atoms with E-state index in [0.29, 0.717) is 17.1 Å². The van der Waals surface area contributed by atoms with Crippen LogP contribution in [0.3, 0.4) is 0 Å². The minimum atomic E-state index is -0.824. The molecule has 30 heavy (non-hydrogen) atoms. The molecule has 10 heteroatoms. The van der Waals surface area contributed by atoms with E-state index in [1.165, 1.54) is 19.2 Å². The number of benzene rings is 1. The van der Waals surface area contributed by atoms with Gasteiger partial charge in [0.2, 0.25) is 0 Å². The highest BCUT2D eigenvalue weighted by Gasteiger charge is 2.19. The second kappa shape index (κ2) is 9.26. The molecule has 1 amide bonds. The molecule has 1 aromatic heterocycles. The van der Waals surface area contributed by atoms with Crippen LogP contribution in [0.4, 0.5) is 11.5 Å². The molecule has 0 aliphatic carbocycles. The van der Waals surface area contributed by atoms with Crippen molar-refractivity contribution in [2.45, 2.75) is 6.54 Å². The lowest BCUT2D eigenvalue weighted by atomic mass is 10.2. The number of terminal acetylenes is 1. The number of hydrogen-bond donors (Lipinski definition) is 2. The summed E-state index contributed by atoms with van der Waals surface area (Å²) >= 11 is 0. The number of nitrogens with zero attached hydrogens (tertiary/aromatic N) is 3. The summed E-state index contributed by atoms with van der Waals surface area (Å²) in [6.45, 7) is -0.286. The topological polar surface area (TPSA) is 121 Å². The number of methoxy groups -OCH3 is 2. The smallest absolute Gasteiger partial charge is 0.352 e. The molecule has 2 rings (SSSR count). The van der Waals surface area contributed by atoms with Gasteiger partial charge in [-0.05, 0) is 18.2 Å². The molecular weight excluding hydrogens is 390 g/mol. The summed E-state index contributed by atoms with van der Waals surface area (Å²) in [5.41, 5.74) is 4.57. The molecule has 0 aliphatic rings. The lowest BCUT2D eigenvalue weighted by molar-refractivity contribution is -0.111. The Labute approximate surface area is 172 Å². The molecule has 1 heterocycles. The van der Waals surface area contributed by atoms with Gasteiger partial charge in [-0.2, -0.15) is 4.68 Å². The number of nitrogen functional groups attached to an aromatic ring is 1. The number of rotatable bonds is 5. The van der Waals surface area contributed by atoms with Crippen LogP contribution in [0.25, 0.3) is 0 Å². The fraction of sp³-hybridized carbons (Fsp3) is 0.250. The first-order valence-electron chi connectivity index (χ1n) is 8.56. The van der Waals surface area contributed by atoms with Crippen LogP contribution in [0.15, 0.2) is 27.8 Å². The molecule has 10 nitrogen and oxygen atoms in total. The van der Waals surface area contributed by atoms with Crippen molar-refractivity contribution in [1.29, 1.82) is 0 Å². The number of amides is 1. The zero-order valence-corrected chi connectivity index (χ0v) is 17.0. The number of hydrogen-bond acceptors (Lipinski definition) is 7. The van der Waals surface area contributed by atoms with E-state index in [-0.39, 0.29) is 18.1 Å². The number of anilines is 2. The van der Waals surface area contributed by atoms with Gasteiger partial charge in [-0.15, -0.1) is 6.42 Å². The molecule has 0 radical (unpaired) electrons. The Morgan fingerprint density at radius 2 is 1.90 bits per heavy atom. The minimum absolute atomic E-state index is 0.246. The fourth-order valence-electron chi connectivity index (χ4n) is 2.58. The van der Waals surface area contributed by atoms with Crippen LogP contribution in [0.2, 0.25) is 0 Å². The van der Waals surface area contributed by atoms with Crippen molar-refractivity contribution in [2.24, 2.45) is 0 Å². The second-order valence-corrected chi connectivity index (χ2v) is 6.07. The molecule has 0 unspecified atom stereocenters. The lowest BCUT2D eigenvalue weighted by Gasteiger charge is -2.21. The maximum atomic E-state index is 12.6. The Bertz CT molecular complexity index is 1190. The van der Waals surface area contributed by atoms with Crippen LogP contribution >= 0.6 is 0 Å². The second-order valence-electron chi connectivity index (χ2n) is 6.07. The number of carbonyl (C=O) groups excluding carboxylic acids is 1. The van der Waals surface area contributed by atoms with Gasteiger partial charge in [0.05, 0.1) is 20.8 Å². The number of nitrogens with one attached hydrogen (secondary N) is 1. The molecule has 0 fully saturated rings. The summed E-state index contributed by atoms with van der Waals surface area (Å²) < 4.78 is 12.1. The summed E-state index contributed by atoms with van der Waals surface area (Å²) in [6, 6.07) is 4.88. The molecule has 2 aromatic rings. The van der Waals surface area contributed by atoms with E-state index in [2.05, 4.69) is 23.1 Å². The van der Waals surface area contributed by atoms with Gasteiger partial charge >= 0.3 is 11.6 Å². The normalized spacial score (nSPS) is 9.70. The summed E-state index contributed by atoms with van der Waals surface area (Å²) in [4.78, 5) is 37.4. The third kappa shape index (κ3) is 4.39. The third-order valence-electron chi connectivity index (χ3n) is 3.95. The Balaban J connectivity index is 2.43. The average molecular weight is 411 g/mol. The van der Waals surface area contributed by atoms with Crippen LogP contribution in [0.5, 0.6) is 11.5 Å². The quantitative estimate of drug-likeness (QED) is 0.632. The van der Waals surface area contributed by atoms with Crippen LogP contribution in [-0.2, 0) is 11.3 Å². The van der Waals surface area contributed by atoms with Crippen LogP contribution in [-0.4, -0.2) is 43.5 Å². The van der Waals surface area contributed by atoms with Gasteiger partial charge < -0.3 is 25.5 Å². The van der Waals surface area contributed by atoms with Crippen molar-refractivity contribution < 1.29 is 14.3 Å². The van der Waals surface area contributed by atoms with E-state index in [4.69, 9.17) is 21.6 Å². The molecular formula is C20H21N5O5. The van der Waals surface area contributed by atoms with Gasteiger partial charge in [0, 0.05) is 25.6 Å². The van der Waals surface area contributed by atoms with Gasteiger partial charge in [0.1, 0.15) is 0 Å². The van der Waals surface area contributed by atoms with E-state index in [1.54, 1.807) is 32.3 Å². The highest BCUT2D eigenvalue weighted by molar-refractivity contribution is 6.05. The van der Waals surface area contributed by atoms with Gasteiger partial charge in [-0.25, -0.2) is 9.36 Å². The Kier molecular flexibility index (Phi) is 6.78. The van der Waals surface area contributed by atoms with Crippen molar-refractivity contribution in [3.8, 4) is 35.7 Å². The zero-order valence-electron chi connectivity index (χ0n) is 17.0. The Morgan fingerprint density at radius 3 is 2.47 bits per heavy atom. The molecule has 0 aliphatic heterocycles. The molecule has 0 atom stereocenters. The lowest BCUT2D eigenvalue weighted by Crippen LogP contribution is -2.48. The average Bonchev–Trinajstić information content (AvgIpc) is 2.72. The summed E-state index contributed by atoms with van der Waals surface area (Å²) in [5, 5.41) is 3.70. The van der Waals surface area contributed by atoms with E-state index >= 15 is 0 Å². The molecule has 156 valence electrons. The monoisotopic (exact) mass is 411 g/mol. The van der Waals surface area contributed by atoms with Gasteiger partial charge in [-0.3, -0.25) is 9.59 Å². The van der Waals surface area contributed by atoms with Crippen LogP contribution in [0.1, 0.15) is 5.56 Å².